The number of methoxy groups -OCH3 is 1. The lowest BCUT2D eigenvalue weighted by Crippen LogP contribution is -2.53. The molecule has 1 atom stereocenters. The number of benzene rings is 2. The van der Waals surface area contributed by atoms with Crippen molar-refractivity contribution < 1.29 is 35.9 Å². The van der Waals surface area contributed by atoms with Gasteiger partial charge >= 0.3 is 12.4 Å². The normalized spacial score (nSPS) is 16.4. The number of halogens is 6. The van der Waals surface area contributed by atoms with Crippen molar-refractivity contribution in [2.75, 3.05) is 20.2 Å². The first-order chi connectivity index (χ1) is 15.8. The Kier molecular flexibility index (Phi) is 7.21. The molecule has 4 nitrogen and oxygen atoms in total. The Morgan fingerprint density at radius 2 is 1.56 bits per heavy atom. The molecule has 2 aromatic rings. The fourth-order valence-electron chi connectivity index (χ4n) is 4.39. The van der Waals surface area contributed by atoms with Crippen LogP contribution in [0.1, 0.15) is 59.8 Å². The number of alkyl halides is 6. The summed E-state index contributed by atoms with van der Waals surface area (Å²) in [6.45, 7) is 5.27. The molecule has 3 rings (SSSR count). The second kappa shape index (κ2) is 9.48. The van der Waals surface area contributed by atoms with Gasteiger partial charge in [-0.3, -0.25) is 9.69 Å². The van der Waals surface area contributed by atoms with E-state index in [2.05, 4.69) is 10.2 Å². The summed E-state index contributed by atoms with van der Waals surface area (Å²) in [5.41, 5.74) is -4.27. The molecule has 2 aromatic carbocycles. The summed E-state index contributed by atoms with van der Waals surface area (Å²) in [6.07, 6.45) is -8.37. The molecule has 0 unspecified atom stereocenters. The number of carbonyl (C=O) groups is 1. The van der Waals surface area contributed by atoms with Gasteiger partial charge in [-0.1, -0.05) is 30.3 Å². The Balaban J connectivity index is 2.11. The van der Waals surface area contributed by atoms with Crippen molar-refractivity contribution in [3.8, 4) is 5.75 Å². The van der Waals surface area contributed by atoms with E-state index in [1.165, 1.54) is 0 Å². The molecule has 0 spiro atoms. The maximum atomic E-state index is 13.8. The number of hydrogen-bond acceptors (Lipinski definition) is 3. The summed E-state index contributed by atoms with van der Waals surface area (Å²) in [7, 11) is 0.926. The van der Waals surface area contributed by atoms with Crippen LogP contribution in [-0.2, 0) is 12.4 Å². The van der Waals surface area contributed by atoms with Crippen molar-refractivity contribution >= 4 is 5.91 Å². The first-order valence-corrected chi connectivity index (χ1v) is 10.7. The van der Waals surface area contributed by atoms with Gasteiger partial charge in [0, 0.05) is 5.54 Å². The van der Waals surface area contributed by atoms with Crippen molar-refractivity contribution in [1.82, 2.24) is 10.2 Å². The van der Waals surface area contributed by atoms with Gasteiger partial charge in [-0.2, -0.15) is 26.3 Å². The third-order valence-electron chi connectivity index (χ3n) is 6.22. The highest BCUT2D eigenvalue weighted by molar-refractivity contribution is 5.99. The van der Waals surface area contributed by atoms with Crippen LogP contribution in [0.3, 0.4) is 0 Å². The number of amides is 1. The summed E-state index contributed by atoms with van der Waals surface area (Å²) < 4.78 is 86.0. The number of nitrogens with one attached hydrogen (secondary N) is 1. The van der Waals surface area contributed by atoms with Crippen LogP contribution in [0.15, 0.2) is 42.5 Å². The maximum Gasteiger partial charge on any atom is 0.417 e. The van der Waals surface area contributed by atoms with E-state index in [-0.39, 0.29) is 6.07 Å². The summed E-state index contributed by atoms with van der Waals surface area (Å²) in [4.78, 5) is 15.4. The van der Waals surface area contributed by atoms with Crippen molar-refractivity contribution in [1.29, 1.82) is 0 Å². The van der Waals surface area contributed by atoms with Crippen molar-refractivity contribution in [2.24, 2.45) is 0 Å². The Hall–Kier alpha value is -2.75. The average Bonchev–Trinajstić information content (AvgIpc) is 3.31. The summed E-state index contributed by atoms with van der Waals surface area (Å²) >= 11 is 0. The van der Waals surface area contributed by atoms with Gasteiger partial charge in [-0.25, -0.2) is 0 Å². The van der Waals surface area contributed by atoms with Crippen molar-refractivity contribution in [3.05, 3.63) is 64.7 Å². The lowest BCUT2D eigenvalue weighted by atomic mass is 9.86. The Labute approximate surface area is 193 Å². The Bertz CT molecular complexity index is 1010. The smallest absolute Gasteiger partial charge is 0.417 e. The Morgan fingerprint density at radius 3 is 2.06 bits per heavy atom. The molecule has 1 aliphatic rings. The highest BCUT2D eigenvalue weighted by Crippen LogP contribution is 2.42. The summed E-state index contributed by atoms with van der Waals surface area (Å²) in [5.74, 6) is -1.97. The number of nitrogens with zero attached hydrogens (tertiary/aromatic N) is 1. The predicted molar refractivity (Wildman–Crippen MR) is 115 cm³/mol. The predicted octanol–water partition coefficient (Wildman–Crippen LogP) is 6.08. The van der Waals surface area contributed by atoms with Gasteiger partial charge < -0.3 is 10.1 Å². The lowest BCUT2D eigenvalue weighted by Gasteiger charge is -2.42. The van der Waals surface area contributed by atoms with E-state index in [0.717, 1.165) is 33.0 Å². The number of carbonyl (C=O) groups excluding carboxylic acids is 1. The molecule has 1 heterocycles. The minimum absolute atomic E-state index is 0.0550. The molecular formula is C24H26F6N2O2. The zero-order valence-corrected chi connectivity index (χ0v) is 19.0. The summed E-state index contributed by atoms with van der Waals surface area (Å²) in [5, 5.41) is 2.67. The SMILES string of the molecule is COc1cc(C(F)(F)F)cc(C(F)(F)F)c1C(=O)N[C@@H](c1ccccc1)C(C)(C)N1CCCC1. The monoisotopic (exact) mass is 488 g/mol. The van der Waals surface area contributed by atoms with Crippen molar-refractivity contribution in [3.63, 3.8) is 0 Å². The molecule has 1 aliphatic heterocycles. The van der Waals surface area contributed by atoms with Gasteiger partial charge in [-0.15, -0.1) is 0 Å². The van der Waals surface area contributed by atoms with Gasteiger partial charge in [0.2, 0.25) is 0 Å². The topological polar surface area (TPSA) is 41.6 Å². The molecule has 0 radical (unpaired) electrons. The van der Waals surface area contributed by atoms with Crippen LogP contribution in [0, 0.1) is 0 Å². The van der Waals surface area contributed by atoms with Gasteiger partial charge in [0.1, 0.15) is 5.75 Å². The standard InChI is InChI=1S/C24H26F6N2O2/c1-22(2,32-11-7-8-12-32)20(15-9-5-4-6-10-15)31-21(33)19-17(24(28,29)30)13-16(23(25,26)27)14-18(19)34-3/h4-6,9-10,13-14,20H,7-8,11-12H2,1-3H3,(H,31,33)/t20-/m0/s1. The second-order valence-corrected chi connectivity index (χ2v) is 8.76. The molecule has 1 amide bonds. The molecule has 186 valence electrons. The average molecular weight is 488 g/mol. The van der Waals surface area contributed by atoms with Crippen LogP contribution in [-0.4, -0.2) is 36.5 Å². The first kappa shape index (κ1) is 25.9. The molecule has 0 aliphatic carbocycles. The van der Waals surface area contributed by atoms with E-state index in [9.17, 15) is 31.1 Å². The van der Waals surface area contributed by atoms with Crippen LogP contribution < -0.4 is 10.1 Å². The number of ether oxygens (including phenoxy) is 1. The van der Waals surface area contributed by atoms with E-state index in [4.69, 9.17) is 4.74 Å². The molecule has 0 saturated carbocycles. The molecule has 34 heavy (non-hydrogen) atoms. The molecule has 0 bridgehead atoms. The molecule has 1 saturated heterocycles. The van der Waals surface area contributed by atoms with Crippen LogP contribution >= 0.6 is 0 Å². The van der Waals surface area contributed by atoms with E-state index in [1.54, 1.807) is 30.3 Å². The quantitative estimate of drug-likeness (QED) is 0.502. The maximum absolute atomic E-state index is 13.8. The summed E-state index contributed by atoms with van der Waals surface area (Å²) in [6, 6.07) is 8.37. The van der Waals surface area contributed by atoms with E-state index in [0.29, 0.717) is 11.6 Å². The fourth-order valence-corrected chi connectivity index (χ4v) is 4.39. The van der Waals surface area contributed by atoms with E-state index in [1.807, 2.05) is 13.8 Å². The van der Waals surface area contributed by atoms with Gasteiger partial charge in [-0.05, 0) is 57.5 Å². The largest absolute Gasteiger partial charge is 0.496 e. The molecule has 10 heteroatoms. The van der Waals surface area contributed by atoms with E-state index < -0.39 is 52.3 Å². The Morgan fingerprint density at radius 1 is 0.971 bits per heavy atom. The minimum Gasteiger partial charge on any atom is -0.496 e. The molecule has 1 fully saturated rings. The highest BCUT2D eigenvalue weighted by atomic mass is 19.4. The molecular weight excluding hydrogens is 462 g/mol. The zero-order chi connectivity index (χ0) is 25.3. The van der Waals surface area contributed by atoms with Gasteiger partial charge in [0.25, 0.3) is 5.91 Å². The lowest BCUT2D eigenvalue weighted by molar-refractivity contribution is -0.143. The second-order valence-electron chi connectivity index (χ2n) is 8.76. The van der Waals surface area contributed by atoms with Gasteiger partial charge in [0.05, 0.1) is 29.8 Å². The van der Waals surface area contributed by atoms with Crippen LogP contribution in [0.25, 0.3) is 0 Å². The van der Waals surface area contributed by atoms with Crippen LogP contribution in [0.4, 0.5) is 26.3 Å². The van der Waals surface area contributed by atoms with Crippen LogP contribution in [0.2, 0.25) is 0 Å². The van der Waals surface area contributed by atoms with E-state index >= 15 is 0 Å². The third kappa shape index (κ3) is 5.32. The molecule has 0 aromatic heterocycles. The van der Waals surface area contributed by atoms with Crippen molar-refractivity contribution in [2.45, 2.75) is 50.6 Å². The number of likely N-dealkylation sites (tertiary alicyclic amines) is 1. The fraction of sp³-hybridized carbons (Fsp3) is 0.458. The highest BCUT2D eigenvalue weighted by Gasteiger charge is 2.44. The molecule has 1 N–H and O–H groups in total. The van der Waals surface area contributed by atoms with Gasteiger partial charge in [0.15, 0.2) is 0 Å². The number of hydrogen-bond donors (Lipinski definition) is 1. The van der Waals surface area contributed by atoms with Crippen LogP contribution in [0.5, 0.6) is 5.75 Å². The minimum atomic E-state index is -5.21. The number of rotatable bonds is 6. The third-order valence-corrected chi connectivity index (χ3v) is 6.22. The first-order valence-electron chi connectivity index (χ1n) is 10.7. The zero-order valence-electron chi connectivity index (χ0n) is 19.0.